The lowest BCUT2D eigenvalue weighted by Gasteiger charge is -2.26. The van der Waals surface area contributed by atoms with E-state index in [0.29, 0.717) is 12.4 Å². The number of rotatable bonds is 2. The van der Waals surface area contributed by atoms with Gasteiger partial charge in [0, 0.05) is 31.7 Å². The van der Waals surface area contributed by atoms with Gasteiger partial charge in [-0.2, -0.15) is 4.31 Å². The van der Waals surface area contributed by atoms with Crippen LogP contribution in [-0.4, -0.2) is 33.8 Å². The normalized spacial score (nSPS) is 16.3. The van der Waals surface area contributed by atoms with Gasteiger partial charge in [0.2, 0.25) is 5.03 Å². The lowest BCUT2D eigenvalue weighted by molar-refractivity contribution is 0.332. The van der Waals surface area contributed by atoms with Crippen molar-refractivity contribution in [3.05, 3.63) is 42.4 Å². The number of fused-ring (bicyclic) bond motifs is 1. The molecule has 0 amide bonds. The smallest absolute Gasteiger partial charge is 0.264 e. The number of hydrogen-bond donors (Lipinski definition) is 0. The van der Waals surface area contributed by atoms with Crippen LogP contribution in [-0.2, 0) is 23.1 Å². The average Bonchev–Trinajstić information content (AvgIpc) is 2.86. The van der Waals surface area contributed by atoms with Gasteiger partial charge in [-0.15, -0.1) is 0 Å². The van der Waals surface area contributed by atoms with E-state index in [2.05, 4.69) is 9.97 Å². The number of sulfonamides is 1. The average molecular weight is 282 g/mol. The van der Waals surface area contributed by atoms with Crippen LogP contribution in [0.4, 0.5) is 4.39 Å². The summed E-state index contributed by atoms with van der Waals surface area (Å²) in [5.74, 6) is -0.192. The van der Waals surface area contributed by atoms with Gasteiger partial charge in [-0.1, -0.05) is 0 Å². The van der Waals surface area contributed by atoms with E-state index in [1.165, 1.54) is 16.6 Å². The number of hydrogen-bond acceptors (Lipinski definition) is 4. The van der Waals surface area contributed by atoms with Crippen LogP contribution in [0.15, 0.2) is 35.7 Å². The first-order chi connectivity index (χ1) is 9.09. The topological polar surface area (TPSA) is 68.1 Å². The van der Waals surface area contributed by atoms with Gasteiger partial charge < -0.3 is 4.57 Å². The SMILES string of the molecule is O=S(=O)(c1ncccc1F)N1CCn2ccnc2C1. The molecule has 3 rings (SSSR count). The maximum Gasteiger partial charge on any atom is 0.264 e. The molecule has 0 fully saturated rings. The van der Waals surface area contributed by atoms with Gasteiger partial charge in [0.05, 0.1) is 6.54 Å². The van der Waals surface area contributed by atoms with Crippen LogP contribution >= 0.6 is 0 Å². The number of imidazole rings is 1. The molecule has 0 unspecified atom stereocenters. The standard InChI is InChI=1S/C11H11FN4O2S/c12-9-2-1-3-14-11(9)19(17,18)16-7-6-15-5-4-13-10(15)8-16/h1-5H,6-8H2. The number of pyridine rings is 1. The quantitative estimate of drug-likeness (QED) is 0.810. The second-order valence-electron chi connectivity index (χ2n) is 4.17. The molecule has 1 aliphatic heterocycles. The predicted molar refractivity (Wildman–Crippen MR) is 64.0 cm³/mol. The molecular formula is C11H11FN4O2S. The summed E-state index contributed by atoms with van der Waals surface area (Å²) in [6.07, 6.45) is 4.67. The van der Waals surface area contributed by atoms with Crippen LogP contribution in [0.5, 0.6) is 0 Å². The van der Waals surface area contributed by atoms with E-state index in [1.807, 2.05) is 4.57 Å². The summed E-state index contributed by atoms with van der Waals surface area (Å²) in [5.41, 5.74) is 0. The minimum atomic E-state index is -3.92. The Morgan fingerprint density at radius 1 is 1.21 bits per heavy atom. The van der Waals surface area contributed by atoms with E-state index in [1.54, 1.807) is 12.4 Å². The molecule has 0 saturated carbocycles. The molecule has 0 aromatic carbocycles. The van der Waals surface area contributed by atoms with Crippen molar-refractivity contribution < 1.29 is 12.8 Å². The van der Waals surface area contributed by atoms with Gasteiger partial charge >= 0.3 is 0 Å². The highest BCUT2D eigenvalue weighted by Crippen LogP contribution is 2.21. The van der Waals surface area contributed by atoms with Crippen molar-refractivity contribution in [3.8, 4) is 0 Å². The third-order valence-electron chi connectivity index (χ3n) is 3.02. The third-order valence-corrected chi connectivity index (χ3v) is 4.80. The highest BCUT2D eigenvalue weighted by molar-refractivity contribution is 7.89. The van der Waals surface area contributed by atoms with Crippen LogP contribution in [0.3, 0.4) is 0 Å². The van der Waals surface area contributed by atoms with Crippen molar-refractivity contribution in [1.29, 1.82) is 0 Å². The zero-order chi connectivity index (χ0) is 13.5. The predicted octanol–water partition coefficient (Wildman–Crippen LogP) is 0.622. The van der Waals surface area contributed by atoms with E-state index in [-0.39, 0.29) is 13.1 Å². The highest BCUT2D eigenvalue weighted by atomic mass is 32.2. The number of nitrogens with zero attached hydrogens (tertiary/aromatic N) is 4. The highest BCUT2D eigenvalue weighted by Gasteiger charge is 2.31. The van der Waals surface area contributed by atoms with Crippen molar-refractivity contribution in [2.24, 2.45) is 0 Å². The van der Waals surface area contributed by atoms with Gasteiger partial charge in [-0.25, -0.2) is 22.8 Å². The zero-order valence-corrected chi connectivity index (χ0v) is 10.7. The molecule has 3 heterocycles. The molecule has 0 radical (unpaired) electrons. The van der Waals surface area contributed by atoms with Crippen molar-refractivity contribution in [2.75, 3.05) is 6.54 Å². The summed E-state index contributed by atoms with van der Waals surface area (Å²) in [6.45, 7) is 0.913. The van der Waals surface area contributed by atoms with Crippen molar-refractivity contribution >= 4 is 10.0 Å². The van der Waals surface area contributed by atoms with Crippen LogP contribution < -0.4 is 0 Å². The van der Waals surface area contributed by atoms with E-state index in [9.17, 15) is 12.8 Å². The third kappa shape index (κ3) is 2.02. The van der Waals surface area contributed by atoms with Gasteiger partial charge in [-0.05, 0) is 12.1 Å². The Bertz CT molecular complexity index is 713. The molecule has 1 aliphatic rings. The second-order valence-corrected chi connectivity index (χ2v) is 6.02. The largest absolute Gasteiger partial charge is 0.333 e. The Labute approximate surface area is 109 Å². The first-order valence-electron chi connectivity index (χ1n) is 5.70. The number of halogens is 1. The minimum Gasteiger partial charge on any atom is -0.333 e. The summed E-state index contributed by atoms with van der Waals surface area (Å²) in [5, 5.41) is -0.532. The zero-order valence-electron chi connectivity index (χ0n) is 9.90. The maximum atomic E-state index is 13.6. The van der Waals surface area contributed by atoms with Gasteiger partial charge in [0.25, 0.3) is 10.0 Å². The molecular weight excluding hydrogens is 271 g/mol. The molecule has 0 bridgehead atoms. The summed E-state index contributed by atoms with van der Waals surface area (Å²) in [6, 6.07) is 2.45. The van der Waals surface area contributed by atoms with Crippen LogP contribution in [0.1, 0.15) is 5.82 Å². The van der Waals surface area contributed by atoms with Crippen molar-refractivity contribution in [3.63, 3.8) is 0 Å². The molecule has 6 nitrogen and oxygen atoms in total. The Balaban J connectivity index is 1.97. The first-order valence-corrected chi connectivity index (χ1v) is 7.14. The van der Waals surface area contributed by atoms with E-state index < -0.39 is 20.9 Å². The van der Waals surface area contributed by atoms with E-state index in [0.717, 1.165) is 6.07 Å². The molecule has 0 N–H and O–H groups in total. The molecule has 8 heteroatoms. The minimum absolute atomic E-state index is 0.130. The fourth-order valence-electron chi connectivity index (χ4n) is 2.04. The summed E-state index contributed by atoms with van der Waals surface area (Å²) in [7, 11) is -3.92. The fraction of sp³-hybridized carbons (Fsp3) is 0.273. The van der Waals surface area contributed by atoms with Crippen LogP contribution in [0.25, 0.3) is 0 Å². The Morgan fingerprint density at radius 3 is 2.84 bits per heavy atom. The van der Waals surface area contributed by atoms with Gasteiger partial charge in [-0.3, -0.25) is 0 Å². The van der Waals surface area contributed by atoms with Crippen molar-refractivity contribution in [2.45, 2.75) is 18.1 Å². The summed E-state index contributed by atoms with van der Waals surface area (Å²) >= 11 is 0. The molecule has 0 atom stereocenters. The number of aromatic nitrogens is 3. The maximum absolute atomic E-state index is 13.6. The summed E-state index contributed by atoms with van der Waals surface area (Å²) < 4.78 is 41.3. The van der Waals surface area contributed by atoms with Gasteiger partial charge in [0.15, 0.2) is 5.82 Å². The lowest BCUT2D eigenvalue weighted by atomic mass is 10.4. The Kier molecular flexibility index (Phi) is 2.83. The fourth-order valence-corrected chi connectivity index (χ4v) is 3.40. The molecule has 100 valence electrons. The monoisotopic (exact) mass is 282 g/mol. The Morgan fingerprint density at radius 2 is 2.05 bits per heavy atom. The molecule has 2 aromatic rings. The van der Waals surface area contributed by atoms with Crippen LogP contribution in [0.2, 0.25) is 0 Å². The molecule has 0 aliphatic carbocycles. The Hall–Kier alpha value is -1.80. The van der Waals surface area contributed by atoms with E-state index in [4.69, 9.17) is 0 Å². The van der Waals surface area contributed by atoms with Gasteiger partial charge in [0.1, 0.15) is 5.82 Å². The first kappa shape index (κ1) is 12.2. The van der Waals surface area contributed by atoms with Crippen molar-refractivity contribution in [1.82, 2.24) is 18.8 Å². The molecule has 0 saturated heterocycles. The van der Waals surface area contributed by atoms with E-state index >= 15 is 0 Å². The summed E-state index contributed by atoms with van der Waals surface area (Å²) in [4.78, 5) is 7.72. The molecule has 0 spiro atoms. The molecule has 2 aromatic heterocycles. The van der Waals surface area contributed by atoms with Crippen LogP contribution in [0, 0.1) is 5.82 Å². The lowest BCUT2D eigenvalue weighted by Crippen LogP contribution is -2.38. The molecule has 19 heavy (non-hydrogen) atoms. The second kappa shape index (κ2) is 4.39.